The average Bonchev–Trinajstić information content (AvgIpc) is 2.49. The quantitative estimate of drug-likeness (QED) is 0.796. The molecule has 0 radical (unpaired) electrons. The van der Waals surface area contributed by atoms with Gasteiger partial charge in [-0.25, -0.2) is 0 Å². The number of fused-ring (bicyclic) bond motifs is 1. The Kier molecular flexibility index (Phi) is 5.33. The van der Waals surface area contributed by atoms with Crippen molar-refractivity contribution in [1.82, 2.24) is 0 Å². The number of rotatable bonds is 6. The molecule has 1 N–H and O–H groups in total. The number of ketones is 2. The van der Waals surface area contributed by atoms with Crippen LogP contribution in [0.15, 0.2) is 29.2 Å². The summed E-state index contributed by atoms with van der Waals surface area (Å²) in [6.07, 6.45) is 1.12. The monoisotopic (exact) mass is 334 g/mol. The van der Waals surface area contributed by atoms with Gasteiger partial charge in [0.25, 0.3) is 0 Å². The minimum atomic E-state index is -0.961. The van der Waals surface area contributed by atoms with Crippen LogP contribution < -0.4 is 0 Å². The first-order valence-corrected chi connectivity index (χ1v) is 7.79. The van der Waals surface area contributed by atoms with Gasteiger partial charge in [-0.1, -0.05) is 18.2 Å². The van der Waals surface area contributed by atoms with Crippen molar-refractivity contribution in [3.63, 3.8) is 0 Å². The van der Waals surface area contributed by atoms with Crippen molar-refractivity contribution in [3.8, 4) is 0 Å². The summed E-state index contributed by atoms with van der Waals surface area (Å²) in [7, 11) is 0. The number of carbonyl (C=O) groups excluding carboxylic acids is 3. The number of benzene rings is 1. The van der Waals surface area contributed by atoms with Crippen LogP contribution in [0.5, 0.6) is 0 Å². The molecular formula is C16H14O6S. The van der Waals surface area contributed by atoms with Crippen LogP contribution in [-0.4, -0.2) is 34.4 Å². The van der Waals surface area contributed by atoms with Gasteiger partial charge in [0.15, 0.2) is 11.6 Å². The lowest BCUT2D eigenvalue weighted by Crippen LogP contribution is -2.18. The summed E-state index contributed by atoms with van der Waals surface area (Å²) in [4.78, 5) is 46.4. The second-order valence-electron chi connectivity index (χ2n) is 4.81. The zero-order valence-corrected chi connectivity index (χ0v) is 13.1. The number of hydrogen-bond donors (Lipinski definition) is 1. The van der Waals surface area contributed by atoms with Gasteiger partial charge in [0, 0.05) is 35.4 Å². The van der Waals surface area contributed by atoms with Gasteiger partial charge in [0.05, 0.1) is 11.3 Å². The van der Waals surface area contributed by atoms with Crippen LogP contribution in [0.2, 0.25) is 0 Å². The highest BCUT2D eigenvalue weighted by molar-refractivity contribution is 8.04. The van der Waals surface area contributed by atoms with Crippen LogP contribution in [0, 0.1) is 0 Å². The molecule has 0 bridgehead atoms. The highest BCUT2D eigenvalue weighted by Crippen LogP contribution is 2.30. The molecule has 1 aromatic carbocycles. The number of allylic oxidation sites excluding steroid dienone is 2. The number of ether oxygens (including phenoxy) is 1. The van der Waals surface area contributed by atoms with E-state index < -0.39 is 11.9 Å². The third-order valence-corrected chi connectivity index (χ3v) is 4.15. The smallest absolute Gasteiger partial charge is 0.304 e. The first-order valence-electron chi connectivity index (χ1n) is 6.80. The zero-order valence-electron chi connectivity index (χ0n) is 12.3. The van der Waals surface area contributed by atoms with E-state index in [1.165, 1.54) is 19.1 Å². The summed E-state index contributed by atoms with van der Waals surface area (Å²) in [5.41, 5.74) is 0.961. The number of carbonyl (C=O) groups is 4. The van der Waals surface area contributed by atoms with Crippen LogP contribution in [-0.2, 0) is 20.9 Å². The van der Waals surface area contributed by atoms with Crippen molar-refractivity contribution in [2.75, 3.05) is 5.75 Å². The molecule has 0 aliphatic heterocycles. The molecule has 120 valence electrons. The van der Waals surface area contributed by atoms with Crippen LogP contribution in [0.3, 0.4) is 0 Å². The molecule has 0 amide bonds. The molecular weight excluding hydrogens is 320 g/mol. The number of carboxylic acid groups (broad SMARTS) is 1. The molecule has 0 spiro atoms. The van der Waals surface area contributed by atoms with E-state index in [4.69, 9.17) is 9.84 Å². The average molecular weight is 334 g/mol. The van der Waals surface area contributed by atoms with Crippen molar-refractivity contribution in [2.45, 2.75) is 20.0 Å². The second kappa shape index (κ2) is 7.23. The Balaban J connectivity index is 2.25. The van der Waals surface area contributed by atoms with Gasteiger partial charge in [0.1, 0.15) is 6.61 Å². The number of Topliss-reactive ketones (excluding diaryl/α,β-unsaturated/α-hetero) is 1. The summed E-state index contributed by atoms with van der Waals surface area (Å²) < 4.78 is 4.90. The molecule has 7 heteroatoms. The van der Waals surface area contributed by atoms with E-state index in [2.05, 4.69) is 0 Å². The minimum Gasteiger partial charge on any atom is -0.481 e. The van der Waals surface area contributed by atoms with Crippen LogP contribution in [0.1, 0.15) is 39.6 Å². The normalized spacial score (nSPS) is 13.3. The van der Waals surface area contributed by atoms with E-state index in [0.717, 1.165) is 11.8 Å². The standard InChI is InChI=1S/C16H14O6S/c1-9(17)22-8-10-3-2-4-11-15(10)12(18)7-13(16(11)21)23-6-5-14(19)20/h2-4,7H,5-6,8H2,1H3,(H,19,20). The molecule has 0 saturated heterocycles. The predicted octanol–water partition coefficient (Wildman–Crippen LogP) is 2.22. The fourth-order valence-corrected chi connectivity index (χ4v) is 3.05. The van der Waals surface area contributed by atoms with Gasteiger partial charge < -0.3 is 9.84 Å². The molecule has 0 saturated carbocycles. The zero-order chi connectivity index (χ0) is 17.0. The van der Waals surface area contributed by atoms with E-state index in [0.29, 0.717) is 5.56 Å². The highest BCUT2D eigenvalue weighted by atomic mass is 32.2. The second-order valence-corrected chi connectivity index (χ2v) is 5.95. The summed E-state index contributed by atoms with van der Waals surface area (Å²) >= 11 is 1.05. The topological polar surface area (TPSA) is 97.7 Å². The summed E-state index contributed by atoms with van der Waals surface area (Å²) in [5, 5.41) is 8.63. The SMILES string of the molecule is CC(=O)OCc1cccc2c1C(=O)C=C(SCCC(=O)O)C2=O. The fraction of sp³-hybridized carbons (Fsp3) is 0.250. The molecule has 6 nitrogen and oxygen atoms in total. The predicted molar refractivity (Wildman–Crippen MR) is 83.4 cm³/mol. The van der Waals surface area contributed by atoms with Gasteiger partial charge in [-0.3, -0.25) is 19.2 Å². The molecule has 0 fully saturated rings. The Morgan fingerprint density at radius 2 is 2.00 bits per heavy atom. The maximum atomic E-state index is 12.4. The summed E-state index contributed by atoms with van der Waals surface area (Å²) in [6.45, 7) is 1.19. The maximum Gasteiger partial charge on any atom is 0.304 e. The number of hydrogen-bond acceptors (Lipinski definition) is 6. The molecule has 0 unspecified atom stereocenters. The maximum absolute atomic E-state index is 12.4. The summed E-state index contributed by atoms with van der Waals surface area (Å²) in [6, 6.07) is 4.79. The van der Waals surface area contributed by atoms with Crippen molar-refractivity contribution in [1.29, 1.82) is 0 Å². The lowest BCUT2D eigenvalue weighted by atomic mass is 9.91. The van der Waals surface area contributed by atoms with Crippen LogP contribution in [0.4, 0.5) is 0 Å². The first kappa shape index (κ1) is 17.0. The van der Waals surface area contributed by atoms with Gasteiger partial charge in [-0.05, 0) is 0 Å². The van der Waals surface area contributed by atoms with Crippen molar-refractivity contribution < 1.29 is 29.0 Å². The van der Waals surface area contributed by atoms with Crippen molar-refractivity contribution in [2.24, 2.45) is 0 Å². The number of esters is 1. The number of aliphatic carboxylic acids is 1. The van der Waals surface area contributed by atoms with E-state index in [-0.39, 0.29) is 46.4 Å². The van der Waals surface area contributed by atoms with Gasteiger partial charge >= 0.3 is 11.9 Å². The molecule has 1 aromatic rings. The molecule has 1 aliphatic carbocycles. The van der Waals surface area contributed by atoms with Crippen molar-refractivity contribution >= 4 is 35.3 Å². The Morgan fingerprint density at radius 1 is 1.26 bits per heavy atom. The van der Waals surface area contributed by atoms with Gasteiger partial charge in [0.2, 0.25) is 0 Å². The molecule has 0 aromatic heterocycles. The largest absolute Gasteiger partial charge is 0.481 e. The number of carboxylic acids is 1. The first-order chi connectivity index (χ1) is 10.9. The van der Waals surface area contributed by atoms with E-state index in [1.54, 1.807) is 12.1 Å². The van der Waals surface area contributed by atoms with E-state index in [9.17, 15) is 19.2 Å². The molecule has 0 heterocycles. The Morgan fingerprint density at radius 3 is 2.65 bits per heavy atom. The van der Waals surface area contributed by atoms with Crippen LogP contribution in [0.25, 0.3) is 0 Å². The molecule has 23 heavy (non-hydrogen) atoms. The molecule has 0 atom stereocenters. The number of thioether (sulfide) groups is 1. The third kappa shape index (κ3) is 4.07. The van der Waals surface area contributed by atoms with Gasteiger partial charge in [-0.2, -0.15) is 0 Å². The van der Waals surface area contributed by atoms with Crippen molar-refractivity contribution in [3.05, 3.63) is 45.9 Å². The fourth-order valence-electron chi connectivity index (χ4n) is 2.13. The molecule has 1 aliphatic rings. The third-order valence-electron chi connectivity index (χ3n) is 3.13. The molecule has 2 rings (SSSR count). The Bertz CT molecular complexity index is 719. The minimum absolute atomic E-state index is 0.0765. The van der Waals surface area contributed by atoms with Crippen LogP contribution >= 0.6 is 11.8 Å². The van der Waals surface area contributed by atoms with E-state index >= 15 is 0 Å². The lowest BCUT2D eigenvalue weighted by Gasteiger charge is -2.17. The Labute approximate surface area is 136 Å². The van der Waals surface area contributed by atoms with E-state index in [1.807, 2.05) is 0 Å². The lowest BCUT2D eigenvalue weighted by molar-refractivity contribution is -0.142. The summed E-state index contributed by atoms with van der Waals surface area (Å²) in [5.74, 6) is -1.89. The van der Waals surface area contributed by atoms with Gasteiger partial charge in [-0.15, -0.1) is 11.8 Å². The Hall–Kier alpha value is -2.41. The highest BCUT2D eigenvalue weighted by Gasteiger charge is 2.28.